The predicted molar refractivity (Wildman–Crippen MR) is 103 cm³/mol. The molecule has 25 heavy (non-hydrogen) atoms. The van der Waals surface area contributed by atoms with Crippen LogP contribution < -0.4 is 5.56 Å². The molecule has 3 aromatic rings. The van der Waals surface area contributed by atoms with E-state index in [4.69, 9.17) is 11.6 Å². The van der Waals surface area contributed by atoms with Crippen LogP contribution in [0.25, 0.3) is 17.3 Å². The standard InChI is InChI=1S/C20H16ClN3O/c1-12-17(21)7-5-9-19(12)24-20(25)16(13(2)23-24)10-14-11-22-18-8-4-3-6-15(14)18/h3-11,23H,1-2H3. The molecule has 1 aliphatic heterocycles. The maximum Gasteiger partial charge on any atom is 0.278 e. The van der Waals surface area contributed by atoms with E-state index in [1.165, 1.54) is 0 Å². The molecule has 124 valence electrons. The molecule has 0 aliphatic carbocycles. The van der Waals surface area contributed by atoms with Gasteiger partial charge in [0.15, 0.2) is 0 Å². The van der Waals surface area contributed by atoms with Crippen LogP contribution in [0.4, 0.5) is 5.69 Å². The highest BCUT2D eigenvalue weighted by Crippen LogP contribution is 2.32. The number of H-pyrrole nitrogens is 1. The monoisotopic (exact) mass is 349 g/mol. The maximum atomic E-state index is 13.0. The second-order valence-corrected chi connectivity index (χ2v) is 6.46. The molecule has 1 aromatic heterocycles. The minimum absolute atomic E-state index is 0.104. The lowest BCUT2D eigenvalue weighted by Crippen LogP contribution is -2.17. The topological polar surface area (TPSA) is 50.1 Å². The quantitative estimate of drug-likeness (QED) is 0.716. The van der Waals surface area contributed by atoms with Crippen molar-refractivity contribution >= 4 is 35.2 Å². The van der Waals surface area contributed by atoms with Gasteiger partial charge in [-0.25, -0.2) is 4.68 Å². The number of aliphatic imine (C=N–C) groups is 1. The molecule has 0 bridgehead atoms. The average molecular weight is 350 g/mol. The summed E-state index contributed by atoms with van der Waals surface area (Å²) in [5, 5.41) is 3.78. The zero-order valence-electron chi connectivity index (χ0n) is 13.9. The fraction of sp³-hybridized carbons (Fsp3) is 0.100. The Hall–Kier alpha value is -2.85. The summed E-state index contributed by atoms with van der Waals surface area (Å²) in [7, 11) is 0. The molecule has 0 saturated carbocycles. The largest absolute Gasteiger partial charge is 0.295 e. The maximum absolute atomic E-state index is 13.0. The van der Waals surface area contributed by atoms with E-state index in [2.05, 4.69) is 10.1 Å². The number of allylic oxidation sites excluding steroid dienone is 1. The lowest BCUT2D eigenvalue weighted by Gasteiger charge is -2.07. The van der Waals surface area contributed by atoms with Crippen molar-refractivity contribution in [3.05, 3.63) is 80.2 Å². The first kappa shape index (κ1) is 15.7. The Morgan fingerprint density at radius 2 is 1.92 bits per heavy atom. The molecule has 0 amide bonds. The highest BCUT2D eigenvalue weighted by molar-refractivity contribution is 6.31. The summed E-state index contributed by atoms with van der Waals surface area (Å²) < 4.78 is 1.54. The summed E-state index contributed by atoms with van der Waals surface area (Å²) >= 11 is 6.20. The molecule has 0 radical (unpaired) electrons. The van der Waals surface area contributed by atoms with Crippen molar-refractivity contribution in [1.29, 1.82) is 0 Å². The van der Waals surface area contributed by atoms with Crippen molar-refractivity contribution in [2.75, 3.05) is 0 Å². The first-order valence-corrected chi connectivity index (χ1v) is 8.36. The second kappa shape index (κ2) is 5.90. The van der Waals surface area contributed by atoms with Gasteiger partial charge in [-0.2, -0.15) is 0 Å². The number of nitrogens with one attached hydrogen (secondary N) is 1. The van der Waals surface area contributed by atoms with Crippen LogP contribution in [0.2, 0.25) is 5.02 Å². The summed E-state index contributed by atoms with van der Waals surface area (Å²) in [5.74, 6) is 0. The molecular weight excluding hydrogens is 334 g/mol. The first-order chi connectivity index (χ1) is 12.1. The number of nitrogens with zero attached hydrogens (tertiary/aromatic N) is 2. The van der Waals surface area contributed by atoms with E-state index in [1.54, 1.807) is 10.9 Å². The fourth-order valence-corrected chi connectivity index (χ4v) is 3.22. The van der Waals surface area contributed by atoms with Gasteiger partial charge in [0.1, 0.15) is 0 Å². The molecule has 4 nitrogen and oxygen atoms in total. The third-order valence-electron chi connectivity index (χ3n) is 4.45. The number of fused-ring (bicyclic) bond motifs is 1. The van der Waals surface area contributed by atoms with Crippen LogP contribution >= 0.6 is 11.6 Å². The van der Waals surface area contributed by atoms with Crippen LogP contribution in [-0.2, 0) is 0 Å². The van der Waals surface area contributed by atoms with Crippen molar-refractivity contribution in [3.8, 4) is 5.69 Å². The molecule has 2 heterocycles. The van der Waals surface area contributed by atoms with Gasteiger partial charge in [0.05, 0.1) is 16.9 Å². The Kier molecular flexibility index (Phi) is 3.70. The van der Waals surface area contributed by atoms with Gasteiger partial charge >= 0.3 is 0 Å². The Morgan fingerprint density at radius 3 is 2.76 bits per heavy atom. The SMILES string of the molecule is Cc1[nH]n(-c2cccc(Cl)c2C)c(=O)c1C=C1C=Nc2ccccc21. The summed E-state index contributed by atoms with van der Waals surface area (Å²) in [4.78, 5) is 17.4. The van der Waals surface area contributed by atoms with Gasteiger partial charge in [0.25, 0.3) is 5.56 Å². The van der Waals surface area contributed by atoms with Gasteiger partial charge in [-0.15, -0.1) is 0 Å². The summed E-state index contributed by atoms with van der Waals surface area (Å²) in [5.41, 5.74) is 5.83. The van der Waals surface area contributed by atoms with Crippen LogP contribution in [0.5, 0.6) is 0 Å². The molecule has 4 rings (SSSR count). The molecule has 0 fully saturated rings. The number of hydrogen-bond acceptors (Lipinski definition) is 2. The van der Waals surface area contributed by atoms with Crippen LogP contribution in [0.1, 0.15) is 22.4 Å². The normalized spacial score (nSPS) is 14.3. The van der Waals surface area contributed by atoms with Gasteiger partial charge < -0.3 is 0 Å². The molecule has 2 aromatic carbocycles. The Balaban J connectivity index is 1.86. The second-order valence-electron chi connectivity index (χ2n) is 6.05. The van der Waals surface area contributed by atoms with E-state index in [0.717, 1.165) is 33.8 Å². The van der Waals surface area contributed by atoms with Crippen molar-refractivity contribution in [3.63, 3.8) is 0 Å². The van der Waals surface area contributed by atoms with E-state index in [0.29, 0.717) is 10.6 Å². The molecule has 0 atom stereocenters. The van der Waals surface area contributed by atoms with Gasteiger partial charge in [-0.3, -0.25) is 14.9 Å². The van der Waals surface area contributed by atoms with E-state index in [1.807, 2.05) is 62.4 Å². The van der Waals surface area contributed by atoms with E-state index >= 15 is 0 Å². The smallest absolute Gasteiger partial charge is 0.278 e. The molecule has 5 heteroatoms. The molecular formula is C20H16ClN3O. The van der Waals surface area contributed by atoms with Crippen LogP contribution in [0.15, 0.2) is 52.3 Å². The van der Waals surface area contributed by atoms with Crippen LogP contribution in [0, 0.1) is 13.8 Å². The van der Waals surface area contributed by atoms with Gasteiger partial charge in [0, 0.05) is 28.1 Å². The summed E-state index contributed by atoms with van der Waals surface area (Å²) in [6.07, 6.45) is 3.69. The number of aryl methyl sites for hydroxylation is 1. The van der Waals surface area contributed by atoms with Crippen molar-refractivity contribution in [2.45, 2.75) is 13.8 Å². The summed E-state index contributed by atoms with van der Waals surface area (Å²) in [6, 6.07) is 13.4. The Morgan fingerprint density at radius 1 is 1.12 bits per heavy atom. The zero-order chi connectivity index (χ0) is 17.6. The number of aromatic amines is 1. The number of para-hydroxylation sites is 1. The highest BCUT2D eigenvalue weighted by Gasteiger charge is 2.16. The average Bonchev–Trinajstić information content (AvgIpc) is 3.14. The molecule has 1 aliphatic rings. The minimum atomic E-state index is -0.104. The van der Waals surface area contributed by atoms with E-state index in [9.17, 15) is 4.79 Å². The Labute approximate surface area is 150 Å². The van der Waals surface area contributed by atoms with Crippen LogP contribution in [-0.4, -0.2) is 16.0 Å². The third kappa shape index (κ3) is 2.55. The molecule has 0 spiro atoms. The fourth-order valence-electron chi connectivity index (χ4n) is 3.05. The zero-order valence-corrected chi connectivity index (χ0v) is 14.6. The third-order valence-corrected chi connectivity index (χ3v) is 4.86. The van der Waals surface area contributed by atoms with Crippen molar-refractivity contribution < 1.29 is 0 Å². The predicted octanol–water partition coefficient (Wildman–Crippen LogP) is 4.69. The lowest BCUT2D eigenvalue weighted by molar-refractivity contribution is 0.829. The molecule has 1 N–H and O–H groups in total. The molecule has 0 unspecified atom stereocenters. The number of aromatic nitrogens is 2. The molecule has 0 saturated heterocycles. The van der Waals surface area contributed by atoms with Crippen molar-refractivity contribution in [1.82, 2.24) is 9.78 Å². The van der Waals surface area contributed by atoms with E-state index in [-0.39, 0.29) is 5.56 Å². The Bertz CT molecular complexity index is 1100. The van der Waals surface area contributed by atoms with Crippen molar-refractivity contribution in [2.24, 2.45) is 4.99 Å². The summed E-state index contributed by atoms with van der Waals surface area (Å²) in [6.45, 7) is 3.79. The van der Waals surface area contributed by atoms with Crippen LogP contribution in [0.3, 0.4) is 0 Å². The van der Waals surface area contributed by atoms with E-state index < -0.39 is 0 Å². The number of hydrogen-bond donors (Lipinski definition) is 1. The first-order valence-electron chi connectivity index (χ1n) is 7.98. The van der Waals surface area contributed by atoms with Gasteiger partial charge in [-0.1, -0.05) is 35.9 Å². The minimum Gasteiger partial charge on any atom is -0.295 e. The number of rotatable bonds is 2. The highest BCUT2D eigenvalue weighted by atomic mass is 35.5. The van der Waals surface area contributed by atoms with Gasteiger partial charge in [-0.05, 0) is 43.7 Å². The van der Waals surface area contributed by atoms with Gasteiger partial charge in [0.2, 0.25) is 0 Å². The number of halogens is 1. The number of benzene rings is 2. The lowest BCUT2D eigenvalue weighted by atomic mass is 10.0.